The number of aryl methyl sites for hydroxylation is 1. The van der Waals surface area contributed by atoms with Crippen molar-refractivity contribution in [2.75, 3.05) is 6.54 Å². The highest BCUT2D eigenvalue weighted by Gasteiger charge is 2.04. The summed E-state index contributed by atoms with van der Waals surface area (Å²) in [5.41, 5.74) is 13.5. The Morgan fingerprint density at radius 2 is 2.00 bits per heavy atom. The minimum atomic E-state index is 0.101. The highest BCUT2D eigenvalue weighted by molar-refractivity contribution is 5.75. The Kier molecular flexibility index (Phi) is 3.55. The van der Waals surface area contributed by atoms with E-state index in [1.54, 1.807) is 6.07 Å². The van der Waals surface area contributed by atoms with Gasteiger partial charge in [0.05, 0.1) is 0 Å². The Hall–Kier alpha value is -1.71. The van der Waals surface area contributed by atoms with Crippen LogP contribution in [0.15, 0.2) is 17.1 Å². The van der Waals surface area contributed by atoms with E-state index in [4.69, 9.17) is 11.5 Å². The van der Waals surface area contributed by atoms with E-state index in [-0.39, 0.29) is 5.96 Å². The van der Waals surface area contributed by atoms with Gasteiger partial charge in [-0.25, -0.2) is 0 Å². The molecule has 0 aromatic heterocycles. The van der Waals surface area contributed by atoms with E-state index in [1.165, 1.54) is 0 Å². The molecule has 0 aliphatic carbocycles. The van der Waals surface area contributed by atoms with Crippen LogP contribution in [0.5, 0.6) is 5.75 Å². The van der Waals surface area contributed by atoms with E-state index in [1.807, 2.05) is 19.9 Å². The average molecular weight is 207 g/mol. The van der Waals surface area contributed by atoms with Gasteiger partial charge in [-0.05, 0) is 43.0 Å². The first kappa shape index (κ1) is 11.4. The third-order valence-corrected chi connectivity index (χ3v) is 2.31. The Morgan fingerprint density at radius 3 is 2.60 bits per heavy atom. The number of guanidine groups is 1. The number of benzene rings is 1. The normalized spacial score (nSPS) is 10.0. The first-order valence-electron chi connectivity index (χ1n) is 4.85. The maximum atomic E-state index is 9.60. The van der Waals surface area contributed by atoms with Gasteiger partial charge >= 0.3 is 0 Å². The van der Waals surface area contributed by atoms with E-state index >= 15 is 0 Å². The summed E-state index contributed by atoms with van der Waals surface area (Å²) in [4.78, 5) is 3.91. The number of nitrogens with zero attached hydrogens (tertiary/aromatic N) is 1. The number of hydrogen-bond acceptors (Lipinski definition) is 2. The lowest BCUT2D eigenvalue weighted by Crippen LogP contribution is -2.23. The van der Waals surface area contributed by atoms with Crippen molar-refractivity contribution in [1.29, 1.82) is 0 Å². The predicted octanol–water partition coefficient (Wildman–Crippen LogP) is 0.825. The lowest BCUT2D eigenvalue weighted by atomic mass is 10.0. The van der Waals surface area contributed by atoms with Crippen LogP contribution in [-0.2, 0) is 6.42 Å². The Morgan fingerprint density at radius 1 is 1.33 bits per heavy atom. The quantitative estimate of drug-likeness (QED) is 0.507. The van der Waals surface area contributed by atoms with E-state index < -0.39 is 0 Å². The maximum absolute atomic E-state index is 9.60. The van der Waals surface area contributed by atoms with E-state index in [0.29, 0.717) is 12.3 Å². The number of hydrogen-bond donors (Lipinski definition) is 3. The van der Waals surface area contributed by atoms with Crippen molar-refractivity contribution in [3.63, 3.8) is 0 Å². The molecule has 0 saturated carbocycles. The molecule has 0 aliphatic heterocycles. The lowest BCUT2D eigenvalue weighted by molar-refractivity contribution is 0.469. The summed E-state index contributed by atoms with van der Waals surface area (Å²) in [5, 5.41) is 9.60. The second-order valence-electron chi connectivity index (χ2n) is 3.62. The second-order valence-corrected chi connectivity index (χ2v) is 3.62. The number of phenolic OH excluding ortho intramolecular Hbond substituents is 1. The predicted molar refractivity (Wildman–Crippen MR) is 62.0 cm³/mol. The fraction of sp³-hybridized carbons (Fsp3) is 0.364. The molecule has 1 aromatic carbocycles. The van der Waals surface area contributed by atoms with E-state index in [2.05, 4.69) is 4.99 Å². The van der Waals surface area contributed by atoms with Gasteiger partial charge in [-0.1, -0.05) is 6.07 Å². The van der Waals surface area contributed by atoms with Crippen LogP contribution < -0.4 is 11.5 Å². The molecule has 0 spiro atoms. The van der Waals surface area contributed by atoms with Crippen molar-refractivity contribution in [3.8, 4) is 5.75 Å². The molecular weight excluding hydrogens is 190 g/mol. The standard InChI is InChI=1S/C11H17N3O/c1-7-5-9(3-4-14-11(12)13)8(2)10(15)6-7/h5-6,15H,3-4H2,1-2H3,(H4,12,13,14). The molecular formula is C11H17N3O. The van der Waals surface area contributed by atoms with Gasteiger partial charge in [-0.2, -0.15) is 0 Å². The molecule has 0 atom stereocenters. The van der Waals surface area contributed by atoms with Crippen LogP contribution in [0.25, 0.3) is 0 Å². The maximum Gasteiger partial charge on any atom is 0.185 e. The molecule has 0 fully saturated rings. The van der Waals surface area contributed by atoms with Crippen LogP contribution in [0.4, 0.5) is 0 Å². The van der Waals surface area contributed by atoms with Crippen LogP contribution in [0.3, 0.4) is 0 Å². The molecule has 82 valence electrons. The van der Waals surface area contributed by atoms with Crippen molar-refractivity contribution >= 4 is 5.96 Å². The van der Waals surface area contributed by atoms with Crippen LogP contribution in [0.2, 0.25) is 0 Å². The highest BCUT2D eigenvalue weighted by atomic mass is 16.3. The van der Waals surface area contributed by atoms with Crippen molar-refractivity contribution in [2.24, 2.45) is 16.5 Å². The number of aliphatic imine (C=N–C) groups is 1. The number of aromatic hydroxyl groups is 1. The van der Waals surface area contributed by atoms with Gasteiger partial charge in [0.2, 0.25) is 0 Å². The van der Waals surface area contributed by atoms with Gasteiger partial charge in [0.1, 0.15) is 5.75 Å². The summed E-state index contributed by atoms with van der Waals surface area (Å²) in [6, 6.07) is 3.79. The average Bonchev–Trinajstić information content (AvgIpc) is 2.12. The Labute approximate surface area is 89.6 Å². The topological polar surface area (TPSA) is 84.6 Å². The van der Waals surface area contributed by atoms with Crippen LogP contribution in [0, 0.1) is 13.8 Å². The van der Waals surface area contributed by atoms with Crippen molar-refractivity contribution < 1.29 is 5.11 Å². The highest BCUT2D eigenvalue weighted by Crippen LogP contribution is 2.22. The van der Waals surface area contributed by atoms with E-state index in [9.17, 15) is 5.11 Å². The zero-order valence-electron chi connectivity index (χ0n) is 9.12. The minimum absolute atomic E-state index is 0.101. The fourth-order valence-electron chi connectivity index (χ4n) is 1.48. The van der Waals surface area contributed by atoms with Crippen LogP contribution >= 0.6 is 0 Å². The monoisotopic (exact) mass is 207 g/mol. The first-order valence-corrected chi connectivity index (χ1v) is 4.85. The molecule has 1 rings (SSSR count). The summed E-state index contributed by atoms with van der Waals surface area (Å²) in [6.07, 6.45) is 0.735. The number of nitrogens with two attached hydrogens (primary N) is 2. The summed E-state index contributed by atoms with van der Waals surface area (Å²) in [7, 11) is 0. The first-order chi connectivity index (χ1) is 7.00. The van der Waals surface area contributed by atoms with E-state index in [0.717, 1.165) is 23.1 Å². The zero-order chi connectivity index (χ0) is 11.4. The van der Waals surface area contributed by atoms with Gasteiger partial charge in [0, 0.05) is 6.54 Å². The van der Waals surface area contributed by atoms with Crippen molar-refractivity contribution in [1.82, 2.24) is 0 Å². The summed E-state index contributed by atoms with van der Waals surface area (Å²) < 4.78 is 0. The van der Waals surface area contributed by atoms with Gasteiger partial charge < -0.3 is 16.6 Å². The third kappa shape index (κ3) is 3.16. The molecule has 4 heteroatoms. The molecule has 0 saturated heterocycles. The fourth-order valence-corrected chi connectivity index (χ4v) is 1.48. The largest absolute Gasteiger partial charge is 0.508 e. The molecule has 4 nitrogen and oxygen atoms in total. The second kappa shape index (κ2) is 4.68. The van der Waals surface area contributed by atoms with Crippen LogP contribution in [0.1, 0.15) is 16.7 Å². The summed E-state index contributed by atoms with van der Waals surface area (Å²) in [5.74, 6) is 0.430. The molecule has 15 heavy (non-hydrogen) atoms. The zero-order valence-corrected chi connectivity index (χ0v) is 9.12. The van der Waals surface area contributed by atoms with Crippen molar-refractivity contribution in [2.45, 2.75) is 20.3 Å². The summed E-state index contributed by atoms with van der Waals surface area (Å²) >= 11 is 0. The van der Waals surface area contributed by atoms with Crippen LogP contribution in [-0.4, -0.2) is 17.6 Å². The summed E-state index contributed by atoms with van der Waals surface area (Å²) in [6.45, 7) is 4.38. The van der Waals surface area contributed by atoms with Crippen molar-refractivity contribution in [3.05, 3.63) is 28.8 Å². The molecule has 1 aromatic rings. The molecule has 0 unspecified atom stereocenters. The smallest absolute Gasteiger partial charge is 0.185 e. The molecule has 0 aliphatic rings. The molecule has 0 radical (unpaired) electrons. The molecule has 0 amide bonds. The van der Waals surface area contributed by atoms with Gasteiger partial charge in [-0.3, -0.25) is 4.99 Å². The van der Waals surface area contributed by atoms with Gasteiger partial charge in [0.25, 0.3) is 0 Å². The molecule has 5 N–H and O–H groups in total. The number of phenols is 1. The van der Waals surface area contributed by atoms with Gasteiger partial charge in [-0.15, -0.1) is 0 Å². The Bertz CT molecular complexity index is 382. The number of rotatable bonds is 3. The minimum Gasteiger partial charge on any atom is -0.508 e. The third-order valence-electron chi connectivity index (χ3n) is 2.31. The molecule has 0 heterocycles. The SMILES string of the molecule is Cc1cc(O)c(C)c(CCN=C(N)N)c1. The van der Waals surface area contributed by atoms with Gasteiger partial charge in [0.15, 0.2) is 5.96 Å². The molecule has 0 bridgehead atoms. The lowest BCUT2D eigenvalue weighted by Gasteiger charge is -2.08. The Balaban J connectivity index is 2.81.